The monoisotopic (exact) mass is 595 g/mol. The van der Waals surface area contributed by atoms with Gasteiger partial charge in [-0.05, 0) is 47.6 Å². The summed E-state index contributed by atoms with van der Waals surface area (Å²) in [5.74, 6) is -0.958. The number of rotatable bonds is 13. The summed E-state index contributed by atoms with van der Waals surface area (Å²) in [5.41, 5.74) is 2.95. The van der Waals surface area contributed by atoms with E-state index in [1.807, 2.05) is 65.0 Å². The van der Waals surface area contributed by atoms with Crippen molar-refractivity contribution in [3.8, 4) is 5.75 Å². The molecule has 0 aliphatic rings. The first-order valence-electron chi connectivity index (χ1n) is 13.2. The molecule has 0 saturated carbocycles. The minimum atomic E-state index is -4.02. The molecular formula is C29H42ClN3O6S. The summed E-state index contributed by atoms with van der Waals surface area (Å²) in [4.78, 5) is 26.0. The van der Waals surface area contributed by atoms with E-state index in [4.69, 9.17) is 16.3 Å². The molecule has 0 unspecified atom stereocenters. The normalized spacial score (nSPS) is 13.7. The van der Waals surface area contributed by atoms with Gasteiger partial charge in [-0.3, -0.25) is 15.0 Å². The van der Waals surface area contributed by atoms with Gasteiger partial charge in [-0.1, -0.05) is 65.0 Å². The Balaban J connectivity index is 2.53. The standard InChI is InChI=1S/C29H42ClN3O6S/c1-21(2)19-32(40(37,38)24-14-12-23(39-6)13-15-24)20-26(34)25(16-22-10-8-7-9-11-22)33(31-27(35)18-30)28(36)17-29(3,4)5/h7-15,21,25-26,34H,16-20H2,1-6H3,(H,31,35)/t25-,26+/m0/s1. The first-order chi connectivity index (χ1) is 18.7. The number of halogens is 1. The highest BCUT2D eigenvalue weighted by molar-refractivity contribution is 7.89. The van der Waals surface area contributed by atoms with E-state index in [2.05, 4.69) is 5.43 Å². The lowest BCUT2D eigenvalue weighted by atomic mass is 9.91. The van der Waals surface area contributed by atoms with Crippen LogP contribution >= 0.6 is 11.6 Å². The average Bonchev–Trinajstić information content (AvgIpc) is 2.89. The van der Waals surface area contributed by atoms with Gasteiger partial charge in [0.15, 0.2) is 0 Å². The molecule has 40 heavy (non-hydrogen) atoms. The Morgan fingerprint density at radius 1 is 1.02 bits per heavy atom. The van der Waals surface area contributed by atoms with E-state index < -0.39 is 45.3 Å². The molecule has 0 heterocycles. The zero-order valence-electron chi connectivity index (χ0n) is 24.1. The van der Waals surface area contributed by atoms with E-state index in [0.29, 0.717) is 5.75 Å². The molecule has 0 saturated heterocycles. The predicted octanol–water partition coefficient (Wildman–Crippen LogP) is 3.85. The molecule has 9 nitrogen and oxygen atoms in total. The molecule has 2 amide bonds. The van der Waals surface area contributed by atoms with Crippen LogP contribution in [0.5, 0.6) is 5.75 Å². The highest BCUT2D eigenvalue weighted by Crippen LogP contribution is 2.25. The third kappa shape index (κ3) is 10.1. The molecule has 2 aromatic rings. The second-order valence-electron chi connectivity index (χ2n) is 11.4. The van der Waals surface area contributed by atoms with Crippen LogP contribution in [0.1, 0.15) is 46.6 Å². The van der Waals surface area contributed by atoms with Crippen molar-refractivity contribution in [3.63, 3.8) is 0 Å². The van der Waals surface area contributed by atoms with E-state index >= 15 is 0 Å². The fraction of sp³-hybridized carbons (Fsp3) is 0.517. The SMILES string of the molecule is COc1ccc(S(=O)(=O)N(CC(C)C)C[C@@H](O)[C@H](Cc2ccccc2)N(NC(=O)CCl)C(=O)CC(C)(C)C)cc1. The average molecular weight is 596 g/mol. The van der Waals surface area contributed by atoms with Crippen LogP contribution in [0.25, 0.3) is 0 Å². The number of alkyl halides is 1. The van der Waals surface area contributed by atoms with E-state index in [1.165, 1.54) is 23.5 Å². The molecule has 0 fully saturated rings. The van der Waals surface area contributed by atoms with Gasteiger partial charge in [0.1, 0.15) is 11.6 Å². The van der Waals surface area contributed by atoms with Crippen molar-refractivity contribution >= 4 is 33.4 Å². The molecule has 0 radical (unpaired) electrons. The van der Waals surface area contributed by atoms with Gasteiger partial charge in [0.05, 0.1) is 24.2 Å². The van der Waals surface area contributed by atoms with Gasteiger partial charge >= 0.3 is 0 Å². The van der Waals surface area contributed by atoms with E-state index in [1.54, 1.807) is 12.1 Å². The topological polar surface area (TPSA) is 116 Å². The smallest absolute Gasteiger partial charge is 0.253 e. The van der Waals surface area contributed by atoms with Gasteiger partial charge in [-0.2, -0.15) is 4.31 Å². The zero-order valence-corrected chi connectivity index (χ0v) is 25.7. The number of hydrazine groups is 1. The molecule has 0 aliphatic heterocycles. The maximum atomic E-state index is 13.7. The van der Waals surface area contributed by atoms with Crippen molar-refractivity contribution in [2.75, 3.05) is 26.1 Å². The maximum absolute atomic E-state index is 13.7. The lowest BCUT2D eigenvalue weighted by molar-refractivity contribution is -0.148. The number of carbonyl (C=O) groups is 2. The number of methoxy groups -OCH3 is 1. The Labute approximate surface area is 243 Å². The van der Waals surface area contributed by atoms with Crippen LogP contribution in [0.15, 0.2) is 59.5 Å². The summed E-state index contributed by atoms with van der Waals surface area (Å²) in [6, 6.07) is 14.2. The van der Waals surface area contributed by atoms with Crippen LogP contribution in [0, 0.1) is 11.3 Å². The molecule has 11 heteroatoms. The summed E-state index contributed by atoms with van der Waals surface area (Å²) in [6.07, 6.45) is -1.11. The molecule has 2 aromatic carbocycles. The molecule has 2 rings (SSSR count). The third-order valence-electron chi connectivity index (χ3n) is 6.04. The predicted molar refractivity (Wildman–Crippen MR) is 156 cm³/mol. The molecule has 0 bridgehead atoms. The van der Waals surface area contributed by atoms with Crippen molar-refractivity contribution in [2.24, 2.45) is 11.3 Å². The number of carbonyl (C=O) groups excluding carboxylic acids is 2. The van der Waals surface area contributed by atoms with Crippen molar-refractivity contribution in [1.82, 2.24) is 14.7 Å². The number of benzene rings is 2. The number of aliphatic hydroxyl groups excluding tert-OH is 1. The van der Waals surface area contributed by atoms with E-state index in [9.17, 15) is 23.1 Å². The number of hydrogen-bond acceptors (Lipinski definition) is 6. The Kier molecular flexibility index (Phi) is 12.4. The minimum absolute atomic E-state index is 0.0527. The second kappa shape index (κ2) is 14.8. The summed E-state index contributed by atoms with van der Waals surface area (Å²) < 4.78 is 33.8. The Bertz CT molecular complexity index is 1200. The lowest BCUT2D eigenvalue weighted by Gasteiger charge is -2.38. The van der Waals surface area contributed by atoms with Gasteiger partial charge in [0.25, 0.3) is 5.91 Å². The molecule has 222 valence electrons. The summed E-state index contributed by atoms with van der Waals surface area (Å²) >= 11 is 5.76. The molecule has 0 aromatic heterocycles. The fourth-order valence-corrected chi connectivity index (χ4v) is 5.87. The summed E-state index contributed by atoms with van der Waals surface area (Å²) in [6.45, 7) is 9.25. The molecule has 0 aliphatic carbocycles. The Hall–Kier alpha value is -2.66. The number of amides is 2. The van der Waals surface area contributed by atoms with E-state index in [0.717, 1.165) is 10.6 Å². The fourth-order valence-electron chi connectivity index (χ4n) is 4.19. The largest absolute Gasteiger partial charge is 0.497 e. The van der Waals surface area contributed by atoms with Crippen molar-refractivity contribution in [3.05, 3.63) is 60.2 Å². The molecular weight excluding hydrogens is 554 g/mol. The number of sulfonamides is 1. The van der Waals surface area contributed by atoms with E-state index in [-0.39, 0.29) is 36.7 Å². The van der Waals surface area contributed by atoms with Gasteiger partial charge < -0.3 is 9.84 Å². The third-order valence-corrected chi connectivity index (χ3v) is 8.13. The van der Waals surface area contributed by atoms with Crippen LogP contribution < -0.4 is 10.2 Å². The minimum Gasteiger partial charge on any atom is -0.497 e. The number of hydrogen-bond donors (Lipinski definition) is 2. The first-order valence-corrected chi connectivity index (χ1v) is 15.2. The number of ether oxygens (including phenoxy) is 1. The molecule has 0 spiro atoms. The highest BCUT2D eigenvalue weighted by Gasteiger charge is 2.36. The van der Waals surface area contributed by atoms with Gasteiger partial charge in [-0.25, -0.2) is 13.4 Å². The van der Waals surface area contributed by atoms with Crippen molar-refractivity contribution in [1.29, 1.82) is 0 Å². The number of nitrogens with zero attached hydrogens (tertiary/aromatic N) is 2. The van der Waals surface area contributed by atoms with Crippen LogP contribution in [0.3, 0.4) is 0 Å². The van der Waals surface area contributed by atoms with Crippen LogP contribution in [0.4, 0.5) is 0 Å². The maximum Gasteiger partial charge on any atom is 0.253 e. The summed E-state index contributed by atoms with van der Waals surface area (Å²) in [7, 11) is -2.53. The molecule has 2 N–H and O–H groups in total. The second-order valence-corrected chi connectivity index (χ2v) is 13.6. The van der Waals surface area contributed by atoms with Gasteiger partial charge in [0.2, 0.25) is 15.9 Å². The number of aliphatic hydroxyl groups is 1. The first kappa shape index (κ1) is 33.5. The van der Waals surface area contributed by atoms with Crippen LogP contribution in [0.2, 0.25) is 0 Å². The lowest BCUT2D eigenvalue weighted by Crippen LogP contribution is -2.59. The van der Waals surface area contributed by atoms with Crippen LogP contribution in [-0.2, 0) is 26.0 Å². The van der Waals surface area contributed by atoms with Crippen LogP contribution in [-0.4, -0.2) is 72.9 Å². The number of nitrogens with one attached hydrogen (secondary N) is 1. The quantitative estimate of drug-likeness (QED) is 0.268. The highest BCUT2D eigenvalue weighted by atomic mass is 35.5. The summed E-state index contributed by atoms with van der Waals surface area (Å²) in [5, 5.41) is 12.8. The van der Waals surface area contributed by atoms with Gasteiger partial charge in [0, 0.05) is 19.5 Å². The van der Waals surface area contributed by atoms with Crippen molar-refractivity contribution < 1.29 is 27.9 Å². The van der Waals surface area contributed by atoms with Crippen molar-refractivity contribution in [2.45, 2.75) is 64.5 Å². The zero-order chi connectivity index (χ0) is 30.1. The van der Waals surface area contributed by atoms with Gasteiger partial charge in [-0.15, -0.1) is 11.6 Å². The Morgan fingerprint density at radius 3 is 2.12 bits per heavy atom. The molecule has 2 atom stereocenters. The Morgan fingerprint density at radius 2 is 1.62 bits per heavy atom.